The average molecular weight is 416 g/mol. The summed E-state index contributed by atoms with van der Waals surface area (Å²) in [5.74, 6) is 2.07. The standard InChI is InChI=1S/C16H16Br2O3/c1-19-13-9-15(21-3)14(20-2)8-12(13)16(18)10-4-6-11(17)7-5-10/h4-9,16H,1-3H3. The van der Waals surface area contributed by atoms with Gasteiger partial charge in [-0.2, -0.15) is 0 Å². The summed E-state index contributed by atoms with van der Waals surface area (Å²) in [6, 6.07) is 11.9. The summed E-state index contributed by atoms with van der Waals surface area (Å²) in [6.45, 7) is 0. The van der Waals surface area contributed by atoms with E-state index < -0.39 is 0 Å². The summed E-state index contributed by atoms with van der Waals surface area (Å²) in [5.41, 5.74) is 2.11. The molecule has 0 saturated carbocycles. The smallest absolute Gasteiger partial charge is 0.164 e. The minimum atomic E-state index is 0.000330. The number of methoxy groups -OCH3 is 3. The van der Waals surface area contributed by atoms with Crippen LogP contribution in [0.25, 0.3) is 0 Å². The van der Waals surface area contributed by atoms with Gasteiger partial charge in [0.2, 0.25) is 0 Å². The quantitative estimate of drug-likeness (QED) is 0.646. The van der Waals surface area contributed by atoms with Gasteiger partial charge < -0.3 is 14.2 Å². The molecular formula is C16H16Br2O3. The first-order chi connectivity index (χ1) is 10.1. The SMILES string of the molecule is COc1cc(OC)c(C(Br)c2ccc(Br)cc2)cc1OC. The fourth-order valence-corrected chi connectivity index (χ4v) is 2.99. The summed E-state index contributed by atoms with van der Waals surface area (Å²) in [4.78, 5) is 0.000330. The normalized spacial score (nSPS) is 11.9. The van der Waals surface area contributed by atoms with Crippen molar-refractivity contribution in [1.29, 1.82) is 0 Å². The van der Waals surface area contributed by atoms with Gasteiger partial charge in [0.25, 0.3) is 0 Å². The van der Waals surface area contributed by atoms with Crippen LogP contribution in [0.15, 0.2) is 40.9 Å². The monoisotopic (exact) mass is 414 g/mol. The molecular weight excluding hydrogens is 400 g/mol. The van der Waals surface area contributed by atoms with E-state index in [4.69, 9.17) is 14.2 Å². The second-order valence-electron chi connectivity index (χ2n) is 4.36. The Bertz CT molecular complexity index is 612. The van der Waals surface area contributed by atoms with Crippen molar-refractivity contribution in [2.45, 2.75) is 4.83 Å². The Hall–Kier alpha value is -1.20. The molecule has 1 atom stereocenters. The topological polar surface area (TPSA) is 27.7 Å². The first-order valence-electron chi connectivity index (χ1n) is 6.30. The van der Waals surface area contributed by atoms with E-state index >= 15 is 0 Å². The molecule has 0 spiro atoms. The molecule has 0 fully saturated rings. The van der Waals surface area contributed by atoms with Crippen LogP contribution in [0.4, 0.5) is 0 Å². The summed E-state index contributed by atoms with van der Waals surface area (Å²) < 4.78 is 17.2. The maximum atomic E-state index is 5.48. The van der Waals surface area contributed by atoms with Gasteiger partial charge in [0.05, 0.1) is 26.2 Å². The third kappa shape index (κ3) is 3.52. The first kappa shape index (κ1) is 16.2. The zero-order chi connectivity index (χ0) is 15.4. The van der Waals surface area contributed by atoms with Crippen molar-refractivity contribution >= 4 is 31.9 Å². The van der Waals surface area contributed by atoms with E-state index in [9.17, 15) is 0 Å². The van der Waals surface area contributed by atoms with Gasteiger partial charge in [0.15, 0.2) is 11.5 Å². The molecule has 0 bridgehead atoms. The van der Waals surface area contributed by atoms with Gasteiger partial charge in [0.1, 0.15) is 5.75 Å². The van der Waals surface area contributed by atoms with E-state index in [0.717, 1.165) is 21.3 Å². The van der Waals surface area contributed by atoms with Crippen LogP contribution in [0.2, 0.25) is 0 Å². The van der Waals surface area contributed by atoms with E-state index in [-0.39, 0.29) is 4.83 Å². The van der Waals surface area contributed by atoms with Gasteiger partial charge in [-0.25, -0.2) is 0 Å². The van der Waals surface area contributed by atoms with Crippen molar-refractivity contribution in [2.24, 2.45) is 0 Å². The molecule has 0 radical (unpaired) electrons. The van der Waals surface area contributed by atoms with E-state index in [1.807, 2.05) is 24.3 Å². The molecule has 2 rings (SSSR count). The molecule has 2 aromatic rings. The maximum absolute atomic E-state index is 5.48. The second-order valence-corrected chi connectivity index (χ2v) is 6.19. The number of ether oxygens (including phenoxy) is 3. The minimum Gasteiger partial charge on any atom is -0.496 e. The highest BCUT2D eigenvalue weighted by molar-refractivity contribution is 9.10. The molecule has 3 nitrogen and oxygen atoms in total. The first-order valence-corrected chi connectivity index (χ1v) is 8.01. The van der Waals surface area contributed by atoms with Crippen molar-refractivity contribution < 1.29 is 14.2 Å². The predicted molar refractivity (Wildman–Crippen MR) is 91.0 cm³/mol. The molecule has 0 N–H and O–H groups in total. The molecule has 0 amide bonds. The Kier molecular flexibility index (Phi) is 5.53. The van der Waals surface area contributed by atoms with Crippen molar-refractivity contribution in [3.05, 3.63) is 52.0 Å². The predicted octanol–water partition coefficient (Wildman–Crippen LogP) is 4.96. The lowest BCUT2D eigenvalue weighted by atomic mass is 10.0. The zero-order valence-corrected chi connectivity index (χ0v) is 15.2. The van der Waals surface area contributed by atoms with Crippen LogP contribution in [0.5, 0.6) is 17.2 Å². The van der Waals surface area contributed by atoms with E-state index in [0.29, 0.717) is 11.5 Å². The molecule has 0 aliphatic carbocycles. The Labute approximate surface area is 141 Å². The molecule has 0 saturated heterocycles. The Morgan fingerprint density at radius 2 is 1.33 bits per heavy atom. The van der Waals surface area contributed by atoms with Crippen LogP contribution in [0, 0.1) is 0 Å². The lowest BCUT2D eigenvalue weighted by molar-refractivity contribution is 0.347. The van der Waals surface area contributed by atoms with Crippen molar-refractivity contribution in [3.63, 3.8) is 0 Å². The van der Waals surface area contributed by atoms with Gasteiger partial charge >= 0.3 is 0 Å². The van der Waals surface area contributed by atoms with Crippen LogP contribution in [-0.4, -0.2) is 21.3 Å². The summed E-state index contributed by atoms with van der Waals surface area (Å²) >= 11 is 7.17. The number of hydrogen-bond donors (Lipinski definition) is 0. The number of benzene rings is 2. The Morgan fingerprint density at radius 3 is 1.86 bits per heavy atom. The molecule has 0 aromatic heterocycles. The molecule has 0 aliphatic rings. The molecule has 112 valence electrons. The maximum Gasteiger partial charge on any atom is 0.164 e. The van der Waals surface area contributed by atoms with E-state index in [1.54, 1.807) is 21.3 Å². The lowest BCUT2D eigenvalue weighted by Crippen LogP contribution is -2.00. The largest absolute Gasteiger partial charge is 0.496 e. The molecule has 0 heterocycles. The van der Waals surface area contributed by atoms with Gasteiger partial charge in [0, 0.05) is 16.1 Å². The fourth-order valence-electron chi connectivity index (χ4n) is 2.06. The van der Waals surface area contributed by atoms with Crippen LogP contribution in [-0.2, 0) is 0 Å². The van der Waals surface area contributed by atoms with E-state index in [1.165, 1.54) is 0 Å². The minimum absolute atomic E-state index is 0.000330. The highest BCUT2D eigenvalue weighted by Crippen LogP contribution is 2.42. The number of alkyl halides is 1. The highest BCUT2D eigenvalue weighted by Gasteiger charge is 2.19. The molecule has 0 aliphatic heterocycles. The lowest BCUT2D eigenvalue weighted by Gasteiger charge is -2.18. The summed E-state index contributed by atoms with van der Waals surface area (Å²) in [5, 5.41) is 0. The summed E-state index contributed by atoms with van der Waals surface area (Å²) in [7, 11) is 4.88. The van der Waals surface area contributed by atoms with Crippen molar-refractivity contribution in [1.82, 2.24) is 0 Å². The fraction of sp³-hybridized carbons (Fsp3) is 0.250. The molecule has 21 heavy (non-hydrogen) atoms. The highest BCUT2D eigenvalue weighted by atomic mass is 79.9. The molecule has 5 heteroatoms. The number of rotatable bonds is 5. The van der Waals surface area contributed by atoms with Crippen LogP contribution < -0.4 is 14.2 Å². The number of halogens is 2. The zero-order valence-electron chi connectivity index (χ0n) is 12.0. The van der Waals surface area contributed by atoms with Crippen molar-refractivity contribution in [3.8, 4) is 17.2 Å². The Morgan fingerprint density at radius 1 is 0.810 bits per heavy atom. The molecule has 2 aromatic carbocycles. The van der Waals surface area contributed by atoms with Gasteiger partial charge in [-0.1, -0.05) is 44.0 Å². The third-order valence-corrected chi connectivity index (χ3v) is 4.72. The van der Waals surface area contributed by atoms with Crippen LogP contribution in [0.3, 0.4) is 0 Å². The Balaban J connectivity index is 2.48. The van der Waals surface area contributed by atoms with Crippen LogP contribution in [0.1, 0.15) is 16.0 Å². The van der Waals surface area contributed by atoms with Crippen LogP contribution >= 0.6 is 31.9 Å². The third-order valence-electron chi connectivity index (χ3n) is 3.17. The van der Waals surface area contributed by atoms with E-state index in [2.05, 4.69) is 44.0 Å². The second kappa shape index (κ2) is 7.18. The van der Waals surface area contributed by atoms with Crippen molar-refractivity contribution in [2.75, 3.05) is 21.3 Å². The van der Waals surface area contributed by atoms with Gasteiger partial charge in [-0.05, 0) is 23.8 Å². The van der Waals surface area contributed by atoms with Gasteiger partial charge in [-0.3, -0.25) is 0 Å². The summed E-state index contributed by atoms with van der Waals surface area (Å²) in [6.07, 6.45) is 0. The number of hydrogen-bond acceptors (Lipinski definition) is 3. The van der Waals surface area contributed by atoms with Gasteiger partial charge in [-0.15, -0.1) is 0 Å². The molecule has 1 unspecified atom stereocenters. The average Bonchev–Trinajstić information content (AvgIpc) is 2.53.